The zero-order chi connectivity index (χ0) is 9.84. The van der Waals surface area contributed by atoms with Crippen LogP contribution in [0.1, 0.15) is 23.2 Å². The van der Waals surface area contributed by atoms with Gasteiger partial charge in [-0.25, -0.2) is 9.78 Å². The van der Waals surface area contributed by atoms with Crippen molar-refractivity contribution in [2.45, 2.75) is 19.2 Å². The number of nitrogens with zero attached hydrogens (tertiary/aromatic N) is 2. The number of hydrogen-bond acceptors (Lipinski definition) is 3. The van der Waals surface area contributed by atoms with Gasteiger partial charge in [0.25, 0.3) is 0 Å². The van der Waals surface area contributed by atoms with E-state index in [0.29, 0.717) is 6.54 Å². The fourth-order valence-electron chi connectivity index (χ4n) is 1.18. The lowest BCUT2D eigenvalue weighted by Crippen LogP contribution is -2.09. The van der Waals surface area contributed by atoms with Crippen molar-refractivity contribution in [2.75, 3.05) is 6.26 Å². The summed E-state index contributed by atoms with van der Waals surface area (Å²) in [6.45, 7) is 2.56. The third kappa shape index (κ3) is 2.03. The van der Waals surface area contributed by atoms with E-state index in [1.165, 1.54) is 6.20 Å². The molecular formula is C8H12N2O2S. The molecule has 0 aliphatic rings. The monoisotopic (exact) mass is 200 g/mol. The molecule has 13 heavy (non-hydrogen) atoms. The van der Waals surface area contributed by atoms with Crippen molar-refractivity contribution in [3.05, 3.63) is 17.7 Å². The zero-order valence-electron chi connectivity index (χ0n) is 7.65. The van der Waals surface area contributed by atoms with Crippen LogP contribution in [0.4, 0.5) is 0 Å². The van der Waals surface area contributed by atoms with Gasteiger partial charge in [-0.3, -0.25) is 0 Å². The van der Waals surface area contributed by atoms with E-state index in [1.807, 2.05) is 13.2 Å². The van der Waals surface area contributed by atoms with Gasteiger partial charge in [-0.05, 0) is 13.2 Å². The van der Waals surface area contributed by atoms with Crippen LogP contribution in [0.15, 0.2) is 6.20 Å². The number of carbonyl (C=O) groups is 1. The number of imidazole rings is 1. The summed E-state index contributed by atoms with van der Waals surface area (Å²) in [5, 5.41) is 8.81. The van der Waals surface area contributed by atoms with Gasteiger partial charge in [0.1, 0.15) is 11.5 Å². The van der Waals surface area contributed by atoms with Crippen LogP contribution in [-0.4, -0.2) is 26.9 Å². The summed E-state index contributed by atoms with van der Waals surface area (Å²) in [7, 11) is 0. The maximum atomic E-state index is 10.7. The summed E-state index contributed by atoms with van der Waals surface area (Å²) >= 11 is 1.63. The first-order valence-electron chi connectivity index (χ1n) is 3.97. The topological polar surface area (TPSA) is 55.1 Å². The molecule has 0 spiro atoms. The summed E-state index contributed by atoms with van der Waals surface area (Å²) < 4.78 is 1.72. The van der Waals surface area contributed by atoms with E-state index in [-0.39, 0.29) is 5.69 Å². The molecule has 0 unspecified atom stereocenters. The number of aromatic carboxylic acids is 1. The Kier molecular flexibility index (Phi) is 3.36. The van der Waals surface area contributed by atoms with Crippen LogP contribution >= 0.6 is 11.8 Å². The normalized spacial score (nSPS) is 10.3. The molecule has 4 nitrogen and oxygen atoms in total. The SMILES string of the molecule is CCn1c(C(=O)O)cnc1CSC. The molecule has 5 heteroatoms. The Morgan fingerprint density at radius 3 is 2.92 bits per heavy atom. The Balaban J connectivity index is 3.03. The minimum atomic E-state index is -0.915. The lowest BCUT2D eigenvalue weighted by atomic mass is 10.4. The van der Waals surface area contributed by atoms with E-state index in [2.05, 4.69) is 4.98 Å². The first-order chi connectivity index (χ1) is 6.20. The van der Waals surface area contributed by atoms with Crippen molar-refractivity contribution in [1.29, 1.82) is 0 Å². The van der Waals surface area contributed by atoms with E-state index in [9.17, 15) is 4.79 Å². The fraction of sp³-hybridized carbons (Fsp3) is 0.500. The Morgan fingerprint density at radius 2 is 2.46 bits per heavy atom. The second-order valence-corrected chi connectivity index (χ2v) is 3.41. The molecule has 1 heterocycles. The lowest BCUT2D eigenvalue weighted by Gasteiger charge is -2.04. The largest absolute Gasteiger partial charge is 0.477 e. The van der Waals surface area contributed by atoms with Crippen molar-refractivity contribution in [3.63, 3.8) is 0 Å². The molecule has 1 rings (SSSR count). The Morgan fingerprint density at radius 1 is 1.77 bits per heavy atom. The van der Waals surface area contributed by atoms with Crippen LogP contribution in [0.2, 0.25) is 0 Å². The number of carboxylic acid groups (broad SMARTS) is 1. The molecule has 0 amide bonds. The lowest BCUT2D eigenvalue weighted by molar-refractivity contribution is 0.0685. The third-order valence-corrected chi connectivity index (χ3v) is 2.29. The van der Waals surface area contributed by atoms with E-state index in [4.69, 9.17) is 5.11 Å². The van der Waals surface area contributed by atoms with Crippen LogP contribution in [0.3, 0.4) is 0 Å². The van der Waals surface area contributed by atoms with Gasteiger partial charge in [-0.15, -0.1) is 0 Å². The van der Waals surface area contributed by atoms with Gasteiger partial charge in [0.2, 0.25) is 0 Å². The average Bonchev–Trinajstić information content (AvgIpc) is 2.48. The average molecular weight is 200 g/mol. The highest BCUT2D eigenvalue weighted by Crippen LogP contribution is 2.11. The molecule has 72 valence electrons. The predicted octanol–water partition coefficient (Wildman–Crippen LogP) is 1.46. The second-order valence-electron chi connectivity index (χ2n) is 2.54. The quantitative estimate of drug-likeness (QED) is 0.799. The standard InChI is InChI=1S/C8H12N2O2S/c1-3-10-6(8(11)12)4-9-7(10)5-13-2/h4H,3,5H2,1-2H3,(H,11,12). The molecule has 0 aliphatic heterocycles. The molecule has 0 saturated carbocycles. The maximum absolute atomic E-state index is 10.7. The van der Waals surface area contributed by atoms with E-state index in [0.717, 1.165) is 11.6 Å². The minimum Gasteiger partial charge on any atom is -0.477 e. The zero-order valence-corrected chi connectivity index (χ0v) is 8.47. The van der Waals surface area contributed by atoms with Gasteiger partial charge >= 0.3 is 5.97 Å². The van der Waals surface area contributed by atoms with Crippen molar-refractivity contribution >= 4 is 17.7 Å². The van der Waals surface area contributed by atoms with Crippen molar-refractivity contribution < 1.29 is 9.90 Å². The molecule has 0 fully saturated rings. The number of carboxylic acids is 1. The summed E-state index contributed by atoms with van der Waals surface area (Å²) in [6, 6.07) is 0. The Hall–Kier alpha value is -0.970. The number of rotatable bonds is 4. The van der Waals surface area contributed by atoms with E-state index < -0.39 is 5.97 Å². The first kappa shape index (κ1) is 10.1. The molecular weight excluding hydrogens is 188 g/mol. The van der Waals surface area contributed by atoms with Gasteiger partial charge in [-0.1, -0.05) is 0 Å². The van der Waals surface area contributed by atoms with Gasteiger partial charge < -0.3 is 9.67 Å². The van der Waals surface area contributed by atoms with Crippen LogP contribution in [-0.2, 0) is 12.3 Å². The molecule has 0 atom stereocenters. The van der Waals surface area contributed by atoms with Gasteiger partial charge in [0.15, 0.2) is 0 Å². The number of thioether (sulfide) groups is 1. The van der Waals surface area contributed by atoms with Crippen LogP contribution in [0.5, 0.6) is 0 Å². The summed E-state index contributed by atoms with van der Waals surface area (Å²) in [6.07, 6.45) is 3.38. The predicted molar refractivity (Wildman–Crippen MR) is 52.1 cm³/mol. The highest BCUT2D eigenvalue weighted by atomic mass is 32.2. The van der Waals surface area contributed by atoms with Crippen molar-refractivity contribution in [1.82, 2.24) is 9.55 Å². The second kappa shape index (κ2) is 4.32. The number of hydrogen-bond donors (Lipinski definition) is 1. The van der Waals surface area contributed by atoms with Gasteiger partial charge in [-0.2, -0.15) is 11.8 Å². The molecule has 0 radical (unpaired) electrons. The fourth-order valence-corrected chi connectivity index (χ4v) is 1.67. The van der Waals surface area contributed by atoms with Crippen LogP contribution in [0, 0.1) is 0 Å². The molecule has 1 aromatic rings. The van der Waals surface area contributed by atoms with E-state index >= 15 is 0 Å². The summed E-state index contributed by atoms with van der Waals surface area (Å²) in [4.78, 5) is 14.8. The molecule has 0 bridgehead atoms. The van der Waals surface area contributed by atoms with Crippen LogP contribution < -0.4 is 0 Å². The summed E-state index contributed by atoms with van der Waals surface area (Å²) in [5.74, 6) is 0.662. The Bertz CT molecular complexity index is 309. The van der Waals surface area contributed by atoms with Crippen LogP contribution in [0.25, 0.3) is 0 Å². The van der Waals surface area contributed by atoms with E-state index in [1.54, 1.807) is 16.3 Å². The Labute approximate surface area is 81.0 Å². The van der Waals surface area contributed by atoms with Crippen molar-refractivity contribution in [2.24, 2.45) is 0 Å². The highest BCUT2D eigenvalue weighted by molar-refractivity contribution is 7.97. The molecule has 1 N–H and O–H groups in total. The minimum absolute atomic E-state index is 0.270. The smallest absolute Gasteiger partial charge is 0.354 e. The van der Waals surface area contributed by atoms with Gasteiger partial charge in [0.05, 0.1) is 11.9 Å². The highest BCUT2D eigenvalue weighted by Gasteiger charge is 2.13. The van der Waals surface area contributed by atoms with Crippen molar-refractivity contribution in [3.8, 4) is 0 Å². The number of aromatic nitrogens is 2. The first-order valence-corrected chi connectivity index (χ1v) is 5.36. The molecule has 1 aromatic heterocycles. The third-order valence-electron chi connectivity index (χ3n) is 1.75. The summed E-state index contributed by atoms with van der Waals surface area (Å²) in [5.41, 5.74) is 0.270. The molecule has 0 aliphatic carbocycles. The molecule has 0 aromatic carbocycles. The maximum Gasteiger partial charge on any atom is 0.354 e. The van der Waals surface area contributed by atoms with Gasteiger partial charge in [0, 0.05) is 6.54 Å². The molecule has 0 saturated heterocycles.